The van der Waals surface area contributed by atoms with Crippen LogP contribution in [-0.2, 0) is 29.0 Å². The number of hydrogen-bond acceptors (Lipinski definition) is 5. The van der Waals surface area contributed by atoms with E-state index in [4.69, 9.17) is 9.72 Å². The third-order valence-corrected chi connectivity index (χ3v) is 5.82. The van der Waals surface area contributed by atoms with E-state index in [1.807, 2.05) is 40.3 Å². The number of aromatic nitrogens is 2. The highest BCUT2D eigenvalue weighted by atomic mass is 16.5. The average molecular weight is 394 g/mol. The van der Waals surface area contributed by atoms with E-state index in [1.54, 1.807) is 14.0 Å². The third kappa shape index (κ3) is 4.23. The van der Waals surface area contributed by atoms with Gasteiger partial charge in [0.15, 0.2) is 0 Å². The Hall–Kier alpha value is -2.96. The highest BCUT2D eigenvalue weighted by Gasteiger charge is 2.29. The number of benzene rings is 1. The molecule has 0 radical (unpaired) electrons. The van der Waals surface area contributed by atoms with Gasteiger partial charge < -0.3 is 14.5 Å². The summed E-state index contributed by atoms with van der Waals surface area (Å²) < 4.78 is 5.16. The van der Waals surface area contributed by atoms with E-state index < -0.39 is 0 Å². The summed E-state index contributed by atoms with van der Waals surface area (Å²) >= 11 is 0. The zero-order valence-corrected chi connectivity index (χ0v) is 16.9. The van der Waals surface area contributed by atoms with E-state index in [2.05, 4.69) is 4.98 Å². The van der Waals surface area contributed by atoms with Crippen LogP contribution in [0.3, 0.4) is 0 Å². The van der Waals surface area contributed by atoms with Crippen molar-refractivity contribution in [2.45, 2.75) is 38.6 Å². The van der Waals surface area contributed by atoms with E-state index in [0.717, 1.165) is 47.8 Å². The van der Waals surface area contributed by atoms with Gasteiger partial charge in [0.2, 0.25) is 11.8 Å². The van der Waals surface area contributed by atoms with Crippen LogP contribution < -0.4 is 4.74 Å². The molecule has 29 heavy (non-hydrogen) atoms. The molecule has 1 aromatic heterocycles. The molecule has 0 bridgehead atoms. The molecule has 1 fully saturated rings. The molecule has 1 aromatic carbocycles. The summed E-state index contributed by atoms with van der Waals surface area (Å²) in [5.74, 6) is 2.04. The van der Waals surface area contributed by atoms with Crippen molar-refractivity contribution in [2.24, 2.45) is 0 Å². The lowest BCUT2D eigenvalue weighted by Gasteiger charge is -2.28. The largest absolute Gasteiger partial charge is 0.497 e. The summed E-state index contributed by atoms with van der Waals surface area (Å²) in [4.78, 5) is 37.4. The van der Waals surface area contributed by atoms with Gasteiger partial charge in [-0.25, -0.2) is 9.97 Å². The molecule has 7 heteroatoms. The lowest BCUT2D eigenvalue weighted by atomic mass is 10.0. The van der Waals surface area contributed by atoms with Gasteiger partial charge in [0.05, 0.1) is 19.2 Å². The lowest BCUT2D eigenvalue weighted by Crippen LogP contribution is -2.37. The van der Waals surface area contributed by atoms with Crippen LogP contribution in [0, 0.1) is 0 Å². The predicted molar refractivity (Wildman–Crippen MR) is 107 cm³/mol. The van der Waals surface area contributed by atoms with E-state index in [-0.39, 0.29) is 17.7 Å². The third-order valence-electron chi connectivity index (χ3n) is 5.82. The molecule has 0 N–H and O–H groups in total. The fourth-order valence-corrected chi connectivity index (χ4v) is 4.03. The summed E-state index contributed by atoms with van der Waals surface area (Å²) in [5, 5.41) is 0. The van der Waals surface area contributed by atoms with Crippen molar-refractivity contribution in [3.8, 4) is 5.75 Å². The highest BCUT2D eigenvalue weighted by molar-refractivity contribution is 5.79. The van der Waals surface area contributed by atoms with Crippen molar-refractivity contribution < 1.29 is 14.3 Å². The van der Waals surface area contributed by atoms with Gasteiger partial charge in [-0.05, 0) is 24.1 Å². The maximum Gasteiger partial charge on any atom is 0.227 e. The lowest BCUT2D eigenvalue weighted by molar-refractivity contribution is -0.131. The second-order valence-corrected chi connectivity index (χ2v) is 7.74. The molecule has 1 atom stereocenters. The second kappa shape index (κ2) is 8.19. The second-order valence-electron chi connectivity index (χ2n) is 7.74. The summed E-state index contributed by atoms with van der Waals surface area (Å²) in [6.07, 6.45) is 3.88. The molecule has 2 aliphatic heterocycles. The minimum atomic E-state index is 0.108. The summed E-state index contributed by atoms with van der Waals surface area (Å²) in [5.41, 5.74) is 3.03. The van der Waals surface area contributed by atoms with Crippen LogP contribution in [0.5, 0.6) is 5.75 Å². The van der Waals surface area contributed by atoms with Crippen LogP contribution in [0.2, 0.25) is 0 Å². The Labute approximate surface area is 170 Å². The van der Waals surface area contributed by atoms with E-state index in [0.29, 0.717) is 26.1 Å². The Morgan fingerprint density at radius 2 is 1.97 bits per heavy atom. The topological polar surface area (TPSA) is 75.6 Å². The van der Waals surface area contributed by atoms with E-state index >= 15 is 0 Å². The van der Waals surface area contributed by atoms with Crippen molar-refractivity contribution in [3.63, 3.8) is 0 Å². The molecule has 3 heterocycles. The maximum atomic E-state index is 12.7. The first kappa shape index (κ1) is 19.4. The number of methoxy groups -OCH3 is 1. The van der Waals surface area contributed by atoms with Gasteiger partial charge in [-0.2, -0.15) is 0 Å². The van der Waals surface area contributed by atoms with Gasteiger partial charge in [-0.3, -0.25) is 9.59 Å². The van der Waals surface area contributed by atoms with Gasteiger partial charge in [0, 0.05) is 57.2 Å². The number of ether oxygens (including phenoxy) is 1. The number of nitrogens with zero attached hydrogens (tertiary/aromatic N) is 4. The Morgan fingerprint density at radius 1 is 1.17 bits per heavy atom. The normalized spacial score (nSPS) is 18.5. The number of rotatable bonds is 4. The SMILES string of the molecule is COc1ccc(CC(=O)N2CCc3nc(C4CCN(C(C)=O)C4)ncc3C2)cc1. The molecule has 2 amide bonds. The first-order valence-corrected chi connectivity index (χ1v) is 10.0. The average Bonchev–Trinajstić information content (AvgIpc) is 3.24. The number of hydrogen-bond donors (Lipinski definition) is 0. The maximum absolute atomic E-state index is 12.7. The first-order valence-electron chi connectivity index (χ1n) is 10.0. The van der Waals surface area contributed by atoms with Crippen molar-refractivity contribution in [3.05, 3.63) is 53.1 Å². The highest BCUT2D eigenvalue weighted by Crippen LogP contribution is 2.26. The monoisotopic (exact) mass is 394 g/mol. The Morgan fingerprint density at radius 3 is 2.66 bits per heavy atom. The van der Waals surface area contributed by atoms with Crippen LogP contribution in [0.25, 0.3) is 0 Å². The van der Waals surface area contributed by atoms with Crippen molar-refractivity contribution in [2.75, 3.05) is 26.7 Å². The Bertz CT molecular complexity index is 913. The van der Waals surface area contributed by atoms with E-state index in [1.165, 1.54) is 0 Å². The molecule has 1 saturated heterocycles. The number of carbonyl (C=O) groups is 2. The number of amides is 2. The summed E-state index contributed by atoms with van der Waals surface area (Å²) in [6.45, 7) is 4.29. The zero-order valence-electron chi connectivity index (χ0n) is 16.9. The molecule has 4 rings (SSSR count). The van der Waals surface area contributed by atoms with Gasteiger partial charge in [0.1, 0.15) is 11.6 Å². The molecule has 2 aromatic rings. The van der Waals surface area contributed by atoms with Gasteiger partial charge in [-0.1, -0.05) is 12.1 Å². The smallest absolute Gasteiger partial charge is 0.227 e. The standard InChI is InChI=1S/C22H26N4O3/c1-15(27)25-9-7-17(13-25)22-23-12-18-14-26(10-8-20(18)24-22)21(28)11-16-3-5-19(29-2)6-4-16/h3-6,12,17H,7-11,13-14H2,1-2H3. The number of likely N-dealkylation sites (tertiary alicyclic amines) is 1. The molecule has 1 unspecified atom stereocenters. The van der Waals surface area contributed by atoms with Crippen molar-refractivity contribution >= 4 is 11.8 Å². The zero-order chi connectivity index (χ0) is 20.4. The molecular weight excluding hydrogens is 368 g/mol. The Kier molecular flexibility index (Phi) is 5.47. The van der Waals surface area contributed by atoms with Crippen LogP contribution >= 0.6 is 0 Å². The molecule has 0 aliphatic carbocycles. The van der Waals surface area contributed by atoms with Crippen LogP contribution in [0.4, 0.5) is 0 Å². The van der Waals surface area contributed by atoms with Crippen LogP contribution in [0.15, 0.2) is 30.5 Å². The van der Waals surface area contributed by atoms with Crippen LogP contribution in [-0.4, -0.2) is 58.3 Å². The molecule has 2 aliphatic rings. The molecule has 0 saturated carbocycles. The summed E-state index contributed by atoms with van der Waals surface area (Å²) in [7, 11) is 1.63. The van der Waals surface area contributed by atoms with Gasteiger partial charge >= 0.3 is 0 Å². The quantitative estimate of drug-likeness (QED) is 0.792. The minimum absolute atomic E-state index is 0.108. The van der Waals surface area contributed by atoms with Crippen molar-refractivity contribution in [1.29, 1.82) is 0 Å². The molecule has 152 valence electrons. The van der Waals surface area contributed by atoms with Gasteiger partial charge in [0.25, 0.3) is 0 Å². The Balaban J connectivity index is 1.39. The molecular formula is C22H26N4O3. The van der Waals surface area contributed by atoms with Crippen LogP contribution in [0.1, 0.15) is 41.9 Å². The minimum Gasteiger partial charge on any atom is -0.497 e. The molecule has 0 spiro atoms. The number of carbonyl (C=O) groups excluding carboxylic acids is 2. The molecule has 7 nitrogen and oxygen atoms in total. The number of fused-ring (bicyclic) bond motifs is 1. The summed E-state index contributed by atoms with van der Waals surface area (Å²) in [6, 6.07) is 7.60. The fourth-order valence-electron chi connectivity index (χ4n) is 4.03. The predicted octanol–water partition coefficient (Wildman–Crippen LogP) is 1.95. The first-order chi connectivity index (χ1) is 14.0. The van der Waals surface area contributed by atoms with Gasteiger partial charge in [-0.15, -0.1) is 0 Å². The van der Waals surface area contributed by atoms with E-state index in [9.17, 15) is 9.59 Å². The fraction of sp³-hybridized carbons (Fsp3) is 0.455. The van der Waals surface area contributed by atoms with Crippen molar-refractivity contribution in [1.82, 2.24) is 19.8 Å².